The fourth-order valence-electron chi connectivity index (χ4n) is 1.01. The number of hydrogen-bond donors (Lipinski definition) is 3. The molecule has 0 aliphatic heterocycles. The number of nitrogens with two attached hydrogens (primary N) is 1. The van der Waals surface area contributed by atoms with Gasteiger partial charge in [-0.2, -0.15) is 0 Å². The van der Waals surface area contributed by atoms with Crippen LogP contribution in [0.25, 0.3) is 0 Å². The van der Waals surface area contributed by atoms with Crippen LogP contribution in [0, 0.1) is 12.7 Å². The predicted molar refractivity (Wildman–Crippen MR) is 47.4 cm³/mol. The molecule has 1 aromatic carbocycles. The highest BCUT2D eigenvalue weighted by Crippen LogP contribution is 2.24. The number of carbonyl (C=O) groups is 1. The lowest BCUT2D eigenvalue weighted by Crippen LogP contribution is -2.20. The van der Waals surface area contributed by atoms with Gasteiger partial charge in [0.2, 0.25) is 0 Å². The molecular formula is C9H10FNO3. The zero-order chi connectivity index (χ0) is 10.9. The van der Waals surface area contributed by atoms with Crippen LogP contribution in [0.3, 0.4) is 0 Å². The van der Waals surface area contributed by atoms with Crippen LogP contribution in [0.4, 0.5) is 4.39 Å². The standard InChI is InChI=1S/C9H10FNO3/c1-4-6(10)2-5(3-7(4)12)8(11)9(13)14/h2-3,8,12H,11H2,1H3,(H,13,14). The minimum absolute atomic E-state index is 0.0399. The SMILES string of the molecule is Cc1c(O)cc(C(N)C(=O)O)cc1F. The van der Waals surface area contributed by atoms with Gasteiger partial charge in [0.25, 0.3) is 0 Å². The van der Waals surface area contributed by atoms with E-state index < -0.39 is 17.8 Å². The van der Waals surface area contributed by atoms with Crippen molar-refractivity contribution in [2.75, 3.05) is 0 Å². The van der Waals surface area contributed by atoms with Crippen LogP contribution < -0.4 is 5.73 Å². The Morgan fingerprint density at radius 1 is 1.57 bits per heavy atom. The summed E-state index contributed by atoms with van der Waals surface area (Å²) >= 11 is 0. The van der Waals surface area contributed by atoms with Gasteiger partial charge in [-0.3, -0.25) is 4.79 Å². The number of phenols is 1. The third-order valence-electron chi connectivity index (χ3n) is 1.96. The fraction of sp³-hybridized carbons (Fsp3) is 0.222. The zero-order valence-electron chi connectivity index (χ0n) is 7.49. The van der Waals surface area contributed by atoms with E-state index in [2.05, 4.69) is 0 Å². The van der Waals surface area contributed by atoms with Gasteiger partial charge in [0.15, 0.2) is 0 Å². The van der Waals surface area contributed by atoms with Crippen LogP contribution in [0.5, 0.6) is 5.75 Å². The first kappa shape index (κ1) is 10.5. The molecule has 0 saturated carbocycles. The lowest BCUT2D eigenvalue weighted by atomic mass is 10.0. The summed E-state index contributed by atoms with van der Waals surface area (Å²) in [5, 5.41) is 17.8. The summed E-state index contributed by atoms with van der Waals surface area (Å²) in [4.78, 5) is 10.5. The Morgan fingerprint density at radius 3 is 2.57 bits per heavy atom. The first-order valence-electron chi connectivity index (χ1n) is 3.91. The van der Waals surface area contributed by atoms with Gasteiger partial charge in [-0.25, -0.2) is 4.39 Å². The summed E-state index contributed by atoms with van der Waals surface area (Å²) in [6, 6.07) is 0.835. The third kappa shape index (κ3) is 1.82. The van der Waals surface area contributed by atoms with Gasteiger partial charge in [-0.15, -0.1) is 0 Å². The summed E-state index contributed by atoms with van der Waals surface area (Å²) in [5.41, 5.74) is 5.36. The molecule has 5 heteroatoms. The summed E-state index contributed by atoms with van der Waals surface area (Å²) in [5.74, 6) is -2.24. The monoisotopic (exact) mass is 199 g/mol. The maximum atomic E-state index is 13.1. The smallest absolute Gasteiger partial charge is 0.325 e. The number of hydrogen-bond acceptors (Lipinski definition) is 3. The number of carboxylic acid groups (broad SMARTS) is 1. The first-order chi connectivity index (χ1) is 6.43. The second-order valence-corrected chi connectivity index (χ2v) is 2.96. The Bertz CT molecular complexity index is 355. The van der Waals surface area contributed by atoms with Crippen molar-refractivity contribution in [3.63, 3.8) is 0 Å². The molecule has 0 heterocycles. The van der Waals surface area contributed by atoms with E-state index in [1.165, 1.54) is 6.92 Å². The van der Waals surface area contributed by atoms with Gasteiger partial charge < -0.3 is 15.9 Å². The number of rotatable bonds is 2. The minimum Gasteiger partial charge on any atom is -0.508 e. The molecule has 0 aliphatic carbocycles. The molecule has 1 unspecified atom stereocenters. The van der Waals surface area contributed by atoms with Crippen LogP contribution in [0.15, 0.2) is 12.1 Å². The van der Waals surface area contributed by atoms with Crippen molar-refractivity contribution in [3.8, 4) is 5.75 Å². The van der Waals surface area contributed by atoms with Crippen molar-refractivity contribution in [2.24, 2.45) is 5.73 Å². The maximum Gasteiger partial charge on any atom is 0.325 e. The number of carboxylic acids is 1. The van der Waals surface area contributed by atoms with Gasteiger partial charge in [-0.1, -0.05) is 0 Å². The molecule has 4 N–H and O–H groups in total. The number of aromatic hydroxyl groups is 1. The second kappa shape index (κ2) is 3.63. The molecular weight excluding hydrogens is 189 g/mol. The highest BCUT2D eigenvalue weighted by atomic mass is 19.1. The van der Waals surface area contributed by atoms with Crippen molar-refractivity contribution in [3.05, 3.63) is 29.1 Å². The van der Waals surface area contributed by atoms with Crippen molar-refractivity contribution in [1.82, 2.24) is 0 Å². The summed E-state index contributed by atoms with van der Waals surface area (Å²) in [6.45, 7) is 1.39. The molecule has 0 fully saturated rings. The molecule has 1 atom stereocenters. The van der Waals surface area contributed by atoms with E-state index in [1.807, 2.05) is 0 Å². The Kier molecular flexibility index (Phi) is 2.71. The van der Waals surface area contributed by atoms with E-state index in [0.717, 1.165) is 12.1 Å². The number of benzene rings is 1. The van der Waals surface area contributed by atoms with E-state index in [4.69, 9.17) is 10.8 Å². The highest BCUT2D eigenvalue weighted by molar-refractivity contribution is 5.75. The highest BCUT2D eigenvalue weighted by Gasteiger charge is 2.17. The minimum atomic E-state index is -1.32. The fourth-order valence-corrected chi connectivity index (χ4v) is 1.01. The molecule has 4 nitrogen and oxygen atoms in total. The van der Waals surface area contributed by atoms with E-state index in [0.29, 0.717) is 0 Å². The van der Waals surface area contributed by atoms with E-state index in [9.17, 15) is 14.3 Å². The van der Waals surface area contributed by atoms with Crippen molar-refractivity contribution in [2.45, 2.75) is 13.0 Å². The van der Waals surface area contributed by atoms with Gasteiger partial charge in [0.05, 0.1) is 0 Å². The molecule has 0 aromatic heterocycles. The lowest BCUT2D eigenvalue weighted by Gasteiger charge is -2.09. The quantitative estimate of drug-likeness (QED) is 0.661. The number of aliphatic carboxylic acids is 1. The summed E-state index contributed by atoms with van der Waals surface area (Å²) in [7, 11) is 0. The lowest BCUT2D eigenvalue weighted by molar-refractivity contribution is -0.138. The second-order valence-electron chi connectivity index (χ2n) is 2.96. The Morgan fingerprint density at radius 2 is 2.14 bits per heavy atom. The van der Waals surface area contributed by atoms with Gasteiger partial charge >= 0.3 is 5.97 Å². The van der Waals surface area contributed by atoms with Crippen LogP contribution in [-0.4, -0.2) is 16.2 Å². The molecule has 0 saturated heterocycles. The topological polar surface area (TPSA) is 83.5 Å². The molecule has 14 heavy (non-hydrogen) atoms. The molecule has 1 rings (SSSR count). The van der Waals surface area contributed by atoms with E-state index in [-0.39, 0.29) is 16.9 Å². The van der Waals surface area contributed by atoms with E-state index in [1.54, 1.807) is 0 Å². The van der Waals surface area contributed by atoms with Crippen LogP contribution in [0.1, 0.15) is 17.2 Å². The largest absolute Gasteiger partial charge is 0.508 e. The van der Waals surface area contributed by atoms with E-state index >= 15 is 0 Å². The summed E-state index contributed by atoms with van der Waals surface area (Å²) < 4.78 is 13.1. The first-order valence-corrected chi connectivity index (χ1v) is 3.91. The molecule has 1 aromatic rings. The number of phenolic OH excluding ortho intramolecular Hbond substituents is 1. The summed E-state index contributed by atoms with van der Waals surface area (Å²) in [6.07, 6.45) is 0. The molecule has 0 radical (unpaired) electrons. The third-order valence-corrected chi connectivity index (χ3v) is 1.96. The van der Waals surface area contributed by atoms with Gasteiger partial charge in [-0.05, 0) is 24.6 Å². The predicted octanol–water partition coefficient (Wildman–Crippen LogP) is 0.924. The molecule has 0 spiro atoms. The van der Waals surface area contributed by atoms with Crippen LogP contribution in [0.2, 0.25) is 0 Å². The zero-order valence-corrected chi connectivity index (χ0v) is 7.49. The van der Waals surface area contributed by atoms with Crippen molar-refractivity contribution < 1.29 is 19.4 Å². The van der Waals surface area contributed by atoms with Gasteiger partial charge in [0.1, 0.15) is 17.6 Å². The average Bonchev–Trinajstić information content (AvgIpc) is 2.12. The molecule has 0 bridgehead atoms. The molecule has 0 aliphatic rings. The normalized spacial score (nSPS) is 12.5. The Hall–Kier alpha value is -1.62. The van der Waals surface area contributed by atoms with Crippen molar-refractivity contribution in [1.29, 1.82) is 0 Å². The van der Waals surface area contributed by atoms with Crippen LogP contribution >= 0.6 is 0 Å². The van der Waals surface area contributed by atoms with Gasteiger partial charge in [0, 0.05) is 5.56 Å². The Labute approximate surface area is 79.8 Å². The molecule has 76 valence electrons. The Balaban J connectivity index is 3.19. The van der Waals surface area contributed by atoms with Crippen LogP contribution in [-0.2, 0) is 4.79 Å². The van der Waals surface area contributed by atoms with Crippen molar-refractivity contribution >= 4 is 5.97 Å². The average molecular weight is 199 g/mol. The maximum absolute atomic E-state index is 13.1. The number of halogens is 1. The molecule has 0 amide bonds.